The number of carbonyl (C=O) groups excluding carboxylic acids is 1. The standard InChI is InChI=1S/C13H9F3N2O/c14-13(15,16)11-12(19)18-10-6-8-4-2-1-3-7(8)5-9(10)17-11/h1-6,9-10H,(H,18,19). The Hall–Kier alpha value is -2.11. The lowest BCUT2D eigenvalue weighted by atomic mass is 9.97. The zero-order chi connectivity index (χ0) is 13.6. The van der Waals surface area contributed by atoms with Crippen LogP contribution in [0.1, 0.15) is 0 Å². The van der Waals surface area contributed by atoms with Crippen molar-refractivity contribution in [2.75, 3.05) is 0 Å². The van der Waals surface area contributed by atoms with Crippen LogP contribution in [0.2, 0.25) is 0 Å². The Morgan fingerprint density at radius 1 is 1.11 bits per heavy atom. The summed E-state index contributed by atoms with van der Waals surface area (Å²) in [5.41, 5.74) is -1.36. The molecule has 1 aliphatic heterocycles. The molecule has 98 valence electrons. The summed E-state index contributed by atoms with van der Waals surface area (Å²) in [5.74, 6) is -1.17. The Bertz CT molecular complexity index is 691. The van der Waals surface area contributed by atoms with Crippen LogP contribution in [0, 0.1) is 0 Å². The largest absolute Gasteiger partial charge is 0.438 e. The molecule has 3 rings (SSSR count). The molecule has 0 saturated heterocycles. The molecule has 2 unspecified atom stereocenters. The van der Waals surface area contributed by atoms with Crippen molar-refractivity contribution in [3.8, 4) is 0 Å². The molecule has 0 bridgehead atoms. The van der Waals surface area contributed by atoms with Crippen LogP contribution in [-0.4, -0.2) is 29.9 Å². The maximum atomic E-state index is 12.6. The quantitative estimate of drug-likeness (QED) is 0.712. The lowest BCUT2D eigenvalue weighted by Gasteiger charge is -2.28. The molecule has 0 spiro atoms. The van der Waals surface area contributed by atoms with Gasteiger partial charge in [0.1, 0.15) is 0 Å². The Morgan fingerprint density at radius 3 is 2.37 bits per heavy atom. The van der Waals surface area contributed by atoms with Gasteiger partial charge in [-0.05, 0) is 16.5 Å². The van der Waals surface area contributed by atoms with Gasteiger partial charge in [-0.15, -0.1) is 0 Å². The minimum atomic E-state index is -4.72. The average Bonchev–Trinajstić information content (AvgIpc) is 2.34. The van der Waals surface area contributed by atoms with E-state index in [4.69, 9.17) is 0 Å². The van der Waals surface area contributed by atoms with E-state index in [0.717, 1.165) is 10.4 Å². The number of carbonyl (C=O) groups is 1. The molecule has 6 heteroatoms. The van der Waals surface area contributed by atoms with E-state index in [1.807, 2.05) is 12.1 Å². The minimum absolute atomic E-state index is 0.520. The van der Waals surface area contributed by atoms with Gasteiger partial charge in [-0.3, -0.25) is 9.79 Å². The fourth-order valence-electron chi connectivity index (χ4n) is 2.27. The van der Waals surface area contributed by atoms with E-state index >= 15 is 0 Å². The van der Waals surface area contributed by atoms with E-state index in [-0.39, 0.29) is 0 Å². The summed E-state index contributed by atoms with van der Waals surface area (Å²) in [7, 11) is 0. The van der Waals surface area contributed by atoms with Crippen molar-refractivity contribution in [3.05, 3.63) is 34.7 Å². The molecule has 3 nitrogen and oxygen atoms in total. The molecule has 1 heterocycles. The van der Waals surface area contributed by atoms with Crippen molar-refractivity contribution in [1.82, 2.24) is 5.32 Å². The third-order valence-corrected chi connectivity index (χ3v) is 3.13. The lowest BCUT2D eigenvalue weighted by molar-refractivity contribution is -0.120. The van der Waals surface area contributed by atoms with Crippen LogP contribution in [0.25, 0.3) is 12.2 Å². The van der Waals surface area contributed by atoms with Crippen molar-refractivity contribution >= 4 is 23.8 Å². The summed E-state index contributed by atoms with van der Waals surface area (Å²) in [6.45, 7) is 0. The predicted octanol–water partition coefficient (Wildman–Crippen LogP) is 0.131. The van der Waals surface area contributed by atoms with E-state index < -0.39 is 29.9 Å². The van der Waals surface area contributed by atoms with Gasteiger partial charge in [-0.25, -0.2) is 0 Å². The second-order valence-corrected chi connectivity index (χ2v) is 4.43. The monoisotopic (exact) mass is 266 g/mol. The van der Waals surface area contributed by atoms with Crippen LogP contribution in [0.3, 0.4) is 0 Å². The summed E-state index contributed by atoms with van der Waals surface area (Å²) in [4.78, 5) is 15.0. The first-order valence-electron chi connectivity index (χ1n) is 5.70. The van der Waals surface area contributed by atoms with Gasteiger partial charge in [-0.1, -0.05) is 30.3 Å². The Morgan fingerprint density at radius 2 is 1.74 bits per heavy atom. The van der Waals surface area contributed by atoms with E-state index in [2.05, 4.69) is 10.3 Å². The van der Waals surface area contributed by atoms with Gasteiger partial charge in [0, 0.05) is 0 Å². The molecule has 1 aromatic rings. The molecule has 1 amide bonds. The maximum Gasteiger partial charge on any atom is 0.438 e. The summed E-state index contributed by atoms with van der Waals surface area (Å²) < 4.78 is 37.9. The molecule has 2 atom stereocenters. The van der Waals surface area contributed by atoms with Crippen LogP contribution < -0.4 is 15.8 Å². The zero-order valence-electron chi connectivity index (χ0n) is 9.61. The Labute approximate surface area is 106 Å². The van der Waals surface area contributed by atoms with Crippen LogP contribution in [-0.2, 0) is 4.79 Å². The molecule has 19 heavy (non-hydrogen) atoms. The molecular weight excluding hydrogens is 257 g/mol. The predicted molar refractivity (Wildman–Crippen MR) is 63.8 cm³/mol. The van der Waals surface area contributed by atoms with E-state index in [1.165, 1.54) is 0 Å². The second kappa shape index (κ2) is 3.94. The third-order valence-electron chi connectivity index (χ3n) is 3.13. The van der Waals surface area contributed by atoms with Crippen molar-refractivity contribution in [3.63, 3.8) is 0 Å². The van der Waals surface area contributed by atoms with Crippen LogP contribution in [0.4, 0.5) is 13.2 Å². The number of alkyl halides is 3. The van der Waals surface area contributed by atoms with Crippen molar-refractivity contribution in [1.29, 1.82) is 0 Å². The van der Waals surface area contributed by atoms with Gasteiger partial charge < -0.3 is 5.32 Å². The third kappa shape index (κ3) is 2.03. The number of rotatable bonds is 0. The summed E-state index contributed by atoms with van der Waals surface area (Å²) in [6, 6.07) is 6.06. The highest BCUT2D eigenvalue weighted by atomic mass is 19.4. The van der Waals surface area contributed by atoms with Crippen LogP contribution >= 0.6 is 0 Å². The number of benzene rings is 1. The van der Waals surface area contributed by atoms with Crippen LogP contribution in [0.15, 0.2) is 29.3 Å². The highest BCUT2D eigenvalue weighted by Crippen LogP contribution is 2.22. The normalized spacial score (nSPS) is 25.2. The maximum absolute atomic E-state index is 12.6. The fourth-order valence-corrected chi connectivity index (χ4v) is 2.27. The van der Waals surface area contributed by atoms with Crippen molar-refractivity contribution in [2.24, 2.45) is 4.99 Å². The Balaban J connectivity index is 2.12. The highest BCUT2D eigenvalue weighted by Gasteiger charge is 2.45. The number of hydrogen-bond donors (Lipinski definition) is 1. The topological polar surface area (TPSA) is 41.5 Å². The molecule has 0 fully saturated rings. The average molecular weight is 266 g/mol. The van der Waals surface area contributed by atoms with E-state index in [0.29, 0.717) is 0 Å². The first kappa shape index (κ1) is 12.0. The SMILES string of the molecule is O=C1NC2C=c3ccccc3=CC2N=C1C(F)(F)F. The molecule has 0 saturated carbocycles. The molecule has 0 radical (unpaired) electrons. The zero-order valence-corrected chi connectivity index (χ0v) is 9.61. The summed E-state index contributed by atoms with van der Waals surface area (Å²) in [5, 5.41) is 4.05. The van der Waals surface area contributed by atoms with Gasteiger partial charge in [0.2, 0.25) is 5.71 Å². The Kier molecular flexibility index (Phi) is 2.48. The van der Waals surface area contributed by atoms with Crippen LogP contribution in [0.5, 0.6) is 0 Å². The number of halogens is 3. The lowest BCUT2D eigenvalue weighted by Crippen LogP contribution is -2.55. The summed E-state index contributed by atoms with van der Waals surface area (Å²) in [6.07, 6.45) is -1.35. The van der Waals surface area contributed by atoms with Gasteiger partial charge >= 0.3 is 6.18 Å². The van der Waals surface area contributed by atoms with Gasteiger partial charge in [0.25, 0.3) is 5.91 Å². The number of nitrogens with zero attached hydrogens (tertiary/aromatic N) is 1. The molecule has 1 N–H and O–H groups in total. The minimum Gasteiger partial charge on any atom is -0.342 e. The molecule has 2 aliphatic rings. The molecule has 0 aromatic heterocycles. The molecular formula is C13H9F3N2O. The number of hydrogen-bond acceptors (Lipinski definition) is 2. The van der Waals surface area contributed by atoms with Gasteiger partial charge in [0.05, 0.1) is 12.1 Å². The van der Waals surface area contributed by atoms with E-state index in [1.54, 1.807) is 24.3 Å². The number of aliphatic imine (C=N–C) groups is 1. The highest BCUT2D eigenvalue weighted by molar-refractivity contribution is 6.41. The number of fused-ring (bicyclic) bond motifs is 2. The molecule has 1 aromatic carbocycles. The fraction of sp³-hybridized carbons (Fsp3) is 0.231. The van der Waals surface area contributed by atoms with Gasteiger partial charge in [-0.2, -0.15) is 13.2 Å². The first-order valence-corrected chi connectivity index (χ1v) is 5.70. The van der Waals surface area contributed by atoms with Crippen molar-refractivity contribution < 1.29 is 18.0 Å². The first-order chi connectivity index (χ1) is 8.95. The second-order valence-electron chi connectivity index (χ2n) is 4.43. The summed E-state index contributed by atoms with van der Waals surface area (Å²) >= 11 is 0. The van der Waals surface area contributed by atoms with Crippen molar-refractivity contribution in [2.45, 2.75) is 18.3 Å². The molecule has 1 aliphatic carbocycles. The number of amides is 1. The van der Waals surface area contributed by atoms with Gasteiger partial charge in [0.15, 0.2) is 0 Å². The smallest absolute Gasteiger partial charge is 0.342 e. The number of nitrogens with one attached hydrogen (secondary N) is 1. The van der Waals surface area contributed by atoms with E-state index in [9.17, 15) is 18.0 Å².